The Bertz CT molecular complexity index is 541. The molecular weight excluding hydrogens is 313 g/mol. The van der Waals surface area contributed by atoms with E-state index in [4.69, 9.17) is 0 Å². The molecule has 23 heavy (non-hydrogen) atoms. The fraction of sp³-hybridized carbons (Fsp3) is 0.467. The van der Waals surface area contributed by atoms with E-state index in [1.165, 1.54) is 4.90 Å². The molecule has 1 saturated heterocycles. The van der Waals surface area contributed by atoms with Crippen molar-refractivity contribution in [1.82, 2.24) is 10.2 Å². The van der Waals surface area contributed by atoms with E-state index in [9.17, 15) is 22.8 Å². The molecule has 1 aromatic rings. The lowest BCUT2D eigenvalue weighted by molar-refractivity contribution is -0.345. The van der Waals surface area contributed by atoms with Crippen molar-refractivity contribution < 1.29 is 27.5 Å². The van der Waals surface area contributed by atoms with E-state index in [1.807, 2.05) is 0 Å². The number of carbonyl (C=O) groups excluding carboxylic acids is 2. The molecule has 1 aliphatic heterocycles. The van der Waals surface area contributed by atoms with E-state index >= 15 is 0 Å². The normalized spacial score (nSPS) is 16.2. The Kier molecular flexibility index (Phi) is 5.59. The molecule has 1 aliphatic rings. The minimum atomic E-state index is -4.65. The van der Waals surface area contributed by atoms with Gasteiger partial charge in [0.2, 0.25) is 5.91 Å². The van der Waals surface area contributed by atoms with Gasteiger partial charge in [-0.25, -0.2) is 0 Å². The smallest absolute Gasteiger partial charge is 0.343 e. The van der Waals surface area contributed by atoms with Gasteiger partial charge in [-0.3, -0.25) is 14.3 Å². The highest BCUT2D eigenvalue weighted by atomic mass is 19.4. The quantitative estimate of drug-likeness (QED) is 0.918. The van der Waals surface area contributed by atoms with Crippen molar-refractivity contribution in [3.8, 4) is 0 Å². The third-order valence-electron chi connectivity index (χ3n) is 3.53. The number of carbonyl (C=O) groups is 2. The van der Waals surface area contributed by atoms with Crippen LogP contribution in [-0.2, 0) is 9.53 Å². The molecule has 5 nitrogen and oxygen atoms in total. The number of halogens is 3. The van der Waals surface area contributed by atoms with Crippen molar-refractivity contribution in [3.63, 3.8) is 0 Å². The van der Waals surface area contributed by atoms with Crippen LogP contribution in [0.25, 0.3) is 0 Å². The van der Waals surface area contributed by atoms with E-state index in [1.54, 1.807) is 30.3 Å². The van der Waals surface area contributed by atoms with Gasteiger partial charge in [-0.1, -0.05) is 18.2 Å². The minimum Gasteiger partial charge on any atom is -0.343 e. The van der Waals surface area contributed by atoms with Crippen LogP contribution in [-0.4, -0.2) is 48.8 Å². The molecule has 0 aromatic heterocycles. The van der Waals surface area contributed by atoms with Gasteiger partial charge in [0, 0.05) is 18.7 Å². The van der Waals surface area contributed by atoms with Crippen molar-refractivity contribution in [2.24, 2.45) is 0 Å². The molecule has 126 valence electrons. The Morgan fingerprint density at radius 2 is 1.78 bits per heavy atom. The second-order valence-electron chi connectivity index (χ2n) is 5.19. The third-order valence-corrected chi connectivity index (χ3v) is 3.53. The van der Waals surface area contributed by atoms with Crippen molar-refractivity contribution in [2.75, 3.05) is 19.6 Å². The third kappa shape index (κ3) is 5.55. The molecule has 0 radical (unpaired) electrons. The predicted molar refractivity (Wildman–Crippen MR) is 75.5 cm³/mol. The SMILES string of the molecule is O=C(NCC(=O)N1CCC(OC(F)(F)F)CC1)c1ccccc1. The molecule has 1 heterocycles. The zero-order valence-corrected chi connectivity index (χ0v) is 12.3. The molecule has 0 saturated carbocycles. The number of alkyl halides is 3. The summed E-state index contributed by atoms with van der Waals surface area (Å²) in [6.07, 6.45) is -5.33. The zero-order valence-electron chi connectivity index (χ0n) is 12.3. The van der Waals surface area contributed by atoms with Gasteiger partial charge in [0.05, 0.1) is 12.6 Å². The number of rotatable bonds is 4. The van der Waals surface area contributed by atoms with Crippen LogP contribution < -0.4 is 5.32 Å². The van der Waals surface area contributed by atoms with E-state index in [-0.39, 0.29) is 44.3 Å². The van der Waals surface area contributed by atoms with E-state index in [0.29, 0.717) is 5.56 Å². The van der Waals surface area contributed by atoms with Gasteiger partial charge in [0.25, 0.3) is 5.91 Å². The first-order chi connectivity index (χ1) is 10.8. The van der Waals surface area contributed by atoms with Crippen molar-refractivity contribution in [1.29, 1.82) is 0 Å². The molecule has 0 unspecified atom stereocenters. The van der Waals surface area contributed by atoms with Crippen LogP contribution in [0.2, 0.25) is 0 Å². The van der Waals surface area contributed by atoms with Crippen LogP contribution >= 0.6 is 0 Å². The van der Waals surface area contributed by atoms with Gasteiger partial charge in [0.1, 0.15) is 0 Å². The number of ether oxygens (including phenoxy) is 1. The number of hydrogen-bond acceptors (Lipinski definition) is 3. The summed E-state index contributed by atoms with van der Waals surface area (Å²) in [5.74, 6) is -0.686. The Morgan fingerprint density at radius 1 is 1.17 bits per heavy atom. The van der Waals surface area contributed by atoms with Crippen LogP contribution in [0.3, 0.4) is 0 Å². The summed E-state index contributed by atoms with van der Waals surface area (Å²) < 4.78 is 40.3. The number of nitrogens with zero attached hydrogens (tertiary/aromatic N) is 1. The monoisotopic (exact) mass is 330 g/mol. The molecule has 0 spiro atoms. The van der Waals surface area contributed by atoms with E-state index in [2.05, 4.69) is 10.1 Å². The standard InChI is InChI=1S/C15H17F3N2O3/c16-15(17,18)23-12-6-8-20(9-7-12)13(21)10-19-14(22)11-4-2-1-3-5-11/h1-5,12H,6-10H2,(H,19,22). The van der Waals surface area contributed by atoms with Gasteiger partial charge in [-0.15, -0.1) is 13.2 Å². The Morgan fingerprint density at radius 3 is 2.35 bits per heavy atom. The zero-order chi connectivity index (χ0) is 16.9. The van der Waals surface area contributed by atoms with Crippen LogP contribution in [0.1, 0.15) is 23.2 Å². The topological polar surface area (TPSA) is 58.6 Å². The maximum absolute atomic E-state index is 12.1. The summed E-state index contributed by atoms with van der Waals surface area (Å²) >= 11 is 0. The van der Waals surface area contributed by atoms with Crippen LogP contribution in [0.4, 0.5) is 13.2 Å². The fourth-order valence-electron chi connectivity index (χ4n) is 2.37. The van der Waals surface area contributed by atoms with Gasteiger partial charge < -0.3 is 10.2 Å². The number of benzene rings is 1. The highest BCUT2D eigenvalue weighted by molar-refractivity contribution is 5.96. The molecule has 0 bridgehead atoms. The summed E-state index contributed by atoms with van der Waals surface area (Å²) in [5, 5.41) is 2.50. The predicted octanol–water partition coefficient (Wildman–Crippen LogP) is 1.94. The maximum Gasteiger partial charge on any atom is 0.522 e. The average Bonchev–Trinajstić information content (AvgIpc) is 2.52. The van der Waals surface area contributed by atoms with Crippen LogP contribution in [0.15, 0.2) is 30.3 Å². The number of likely N-dealkylation sites (tertiary alicyclic amines) is 1. The summed E-state index contributed by atoms with van der Waals surface area (Å²) in [6, 6.07) is 8.44. The Labute approximate surface area is 131 Å². The highest BCUT2D eigenvalue weighted by Crippen LogP contribution is 2.24. The van der Waals surface area contributed by atoms with E-state index in [0.717, 1.165) is 0 Å². The summed E-state index contributed by atoms with van der Waals surface area (Å²) in [4.78, 5) is 25.2. The molecule has 8 heteroatoms. The molecule has 0 atom stereocenters. The first kappa shape index (κ1) is 17.3. The highest BCUT2D eigenvalue weighted by Gasteiger charge is 2.35. The molecule has 1 fully saturated rings. The van der Waals surface area contributed by atoms with Gasteiger partial charge >= 0.3 is 6.36 Å². The molecule has 2 rings (SSSR count). The van der Waals surface area contributed by atoms with Gasteiger partial charge in [0.15, 0.2) is 0 Å². The van der Waals surface area contributed by atoms with Crippen LogP contribution in [0.5, 0.6) is 0 Å². The van der Waals surface area contributed by atoms with Crippen molar-refractivity contribution in [3.05, 3.63) is 35.9 Å². The summed E-state index contributed by atoms with van der Waals surface area (Å²) in [6.45, 7) is 0.181. The number of nitrogens with one attached hydrogen (secondary N) is 1. The number of amides is 2. The lowest BCUT2D eigenvalue weighted by atomic mass is 10.1. The Hall–Kier alpha value is -2.09. The first-order valence-electron chi connectivity index (χ1n) is 7.21. The fourth-order valence-corrected chi connectivity index (χ4v) is 2.37. The first-order valence-corrected chi connectivity index (χ1v) is 7.21. The number of hydrogen-bond donors (Lipinski definition) is 1. The lowest BCUT2D eigenvalue weighted by Crippen LogP contribution is -2.46. The van der Waals surface area contributed by atoms with Gasteiger partial charge in [-0.05, 0) is 25.0 Å². The average molecular weight is 330 g/mol. The molecule has 2 amide bonds. The largest absolute Gasteiger partial charge is 0.522 e. The molecular formula is C15H17F3N2O3. The van der Waals surface area contributed by atoms with E-state index < -0.39 is 12.5 Å². The summed E-state index contributed by atoms with van der Waals surface area (Å²) in [5.41, 5.74) is 0.442. The van der Waals surface area contributed by atoms with Crippen molar-refractivity contribution >= 4 is 11.8 Å². The molecule has 1 N–H and O–H groups in total. The summed E-state index contributed by atoms with van der Waals surface area (Å²) in [7, 11) is 0. The van der Waals surface area contributed by atoms with Gasteiger partial charge in [-0.2, -0.15) is 0 Å². The molecule has 1 aromatic carbocycles. The number of piperidine rings is 1. The second kappa shape index (κ2) is 7.45. The lowest BCUT2D eigenvalue weighted by Gasteiger charge is -2.32. The molecule has 0 aliphatic carbocycles. The Balaban J connectivity index is 1.74. The minimum absolute atomic E-state index is 0.123. The maximum atomic E-state index is 12.1. The van der Waals surface area contributed by atoms with Crippen LogP contribution in [0, 0.1) is 0 Å². The second-order valence-corrected chi connectivity index (χ2v) is 5.19. The van der Waals surface area contributed by atoms with Crippen molar-refractivity contribution in [2.45, 2.75) is 25.3 Å².